The van der Waals surface area contributed by atoms with E-state index in [9.17, 15) is 4.79 Å². The Hall–Kier alpha value is -1.91. The van der Waals surface area contributed by atoms with E-state index in [1.54, 1.807) is 12.1 Å². The van der Waals surface area contributed by atoms with E-state index in [1.165, 1.54) is 12.8 Å². The van der Waals surface area contributed by atoms with Gasteiger partial charge in [0.05, 0.1) is 11.4 Å². The molecule has 0 radical (unpaired) electrons. The van der Waals surface area contributed by atoms with Crippen molar-refractivity contribution in [1.29, 1.82) is 0 Å². The Labute approximate surface area is 124 Å². The number of benzene rings is 1. The molecule has 1 heterocycles. The van der Waals surface area contributed by atoms with Crippen molar-refractivity contribution in [2.75, 3.05) is 24.3 Å². The number of nitrogens with one attached hydrogen (secondary N) is 1. The van der Waals surface area contributed by atoms with Gasteiger partial charge in [-0.2, -0.15) is 0 Å². The van der Waals surface area contributed by atoms with Crippen LogP contribution in [0.1, 0.15) is 38.5 Å². The lowest BCUT2D eigenvalue weighted by molar-refractivity contribution is -0.120. The van der Waals surface area contributed by atoms with Crippen molar-refractivity contribution < 1.29 is 14.3 Å². The highest BCUT2D eigenvalue weighted by Crippen LogP contribution is 2.37. The van der Waals surface area contributed by atoms with Gasteiger partial charge in [-0.15, -0.1) is 0 Å². The lowest BCUT2D eigenvalue weighted by Gasteiger charge is -2.21. The molecule has 5 heteroatoms. The van der Waals surface area contributed by atoms with E-state index >= 15 is 0 Å². The van der Waals surface area contributed by atoms with E-state index < -0.39 is 0 Å². The summed E-state index contributed by atoms with van der Waals surface area (Å²) in [5.41, 5.74) is 7.14. The molecule has 0 aromatic heterocycles. The molecule has 21 heavy (non-hydrogen) atoms. The van der Waals surface area contributed by atoms with Crippen LogP contribution in [-0.2, 0) is 4.79 Å². The van der Waals surface area contributed by atoms with Crippen molar-refractivity contribution in [3.05, 3.63) is 12.1 Å². The number of nitrogen functional groups attached to an aromatic ring is 1. The van der Waals surface area contributed by atoms with E-state index in [0.717, 1.165) is 25.7 Å². The molecule has 3 rings (SSSR count). The molecule has 1 aromatic carbocycles. The minimum Gasteiger partial charge on any atom is -0.486 e. The van der Waals surface area contributed by atoms with Crippen LogP contribution in [0, 0.1) is 5.92 Å². The zero-order valence-electron chi connectivity index (χ0n) is 12.2. The highest BCUT2D eigenvalue weighted by atomic mass is 16.6. The number of hydrogen-bond acceptors (Lipinski definition) is 4. The van der Waals surface area contributed by atoms with Crippen LogP contribution in [0.25, 0.3) is 0 Å². The maximum Gasteiger partial charge on any atom is 0.227 e. The molecule has 1 amide bonds. The number of rotatable bonds is 2. The van der Waals surface area contributed by atoms with Gasteiger partial charge in [0, 0.05) is 18.1 Å². The van der Waals surface area contributed by atoms with Gasteiger partial charge in [-0.3, -0.25) is 4.79 Å². The molecule has 1 aliphatic heterocycles. The van der Waals surface area contributed by atoms with Crippen LogP contribution in [0.4, 0.5) is 11.4 Å². The zero-order chi connectivity index (χ0) is 14.7. The summed E-state index contributed by atoms with van der Waals surface area (Å²) in [4.78, 5) is 12.4. The highest BCUT2D eigenvalue weighted by molar-refractivity contribution is 5.96. The number of hydrogen-bond donors (Lipinski definition) is 2. The standard InChI is InChI=1S/C16H22N2O3/c17-12-9-14-15(21-8-7-20-14)10-13(12)18-16(19)11-5-3-1-2-4-6-11/h9-11H,1-8,17H2,(H,18,19). The average molecular weight is 290 g/mol. The normalized spacial score (nSPS) is 18.9. The molecule has 114 valence electrons. The fraction of sp³-hybridized carbons (Fsp3) is 0.562. The number of fused-ring (bicyclic) bond motifs is 1. The third-order valence-corrected chi connectivity index (χ3v) is 4.20. The Morgan fingerprint density at radius 2 is 1.67 bits per heavy atom. The predicted octanol–water partition coefficient (Wildman–Crippen LogP) is 2.95. The molecule has 0 unspecified atom stereocenters. The first-order valence-corrected chi connectivity index (χ1v) is 7.74. The number of carbonyl (C=O) groups is 1. The first-order chi connectivity index (χ1) is 10.2. The van der Waals surface area contributed by atoms with Gasteiger partial charge in [-0.1, -0.05) is 25.7 Å². The molecule has 0 bridgehead atoms. The van der Waals surface area contributed by atoms with Crippen molar-refractivity contribution in [3.8, 4) is 11.5 Å². The van der Waals surface area contributed by atoms with Gasteiger partial charge < -0.3 is 20.5 Å². The maximum atomic E-state index is 12.4. The Morgan fingerprint density at radius 1 is 1.05 bits per heavy atom. The smallest absolute Gasteiger partial charge is 0.227 e. The minimum absolute atomic E-state index is 0.0697. The number of amides is 1. The van der Waals surface area contributed by atoms with Crippen LogP contribution in [-0.4, -0.2) is 19.1 Å². The number of ether oxygens (including phenoxy) is 2. The van der Waals surface area contributed by atoms with Gasteiger partial charge in [0.1, 0.15) is 13.2 Å². The molecule has 1 saturated carbocycles. The van der Waals surface area contributed by atoms with Gasteiger partial charge in [0.25, 0.3) is 0 Å². The second kappa shape index (κ2) is 6.24. The SMILES string of the molecule is Nc1cc2c(cc1NC(=O)C1CCCCCC1)OCCO2. The largest absolute Gasteiger partial charge is 0.486 e. The molecule has 3 N–H and O–H groups in total. The zero-order valence-corrected chi connectivity index (χ0v) is 12.2. The van der Waals surface area contributed by atoms with Crippen molar-refractivity contribution >= 4 is 17.3 Å². The highest BCUT2D eigenvalue weighted by Gasteiger charge is 2.22. The molecule has 0 saturated heterocycles. The van der Waals surface area contributed by atoms with Crippen LogP contribution in [0.5, 0.6) is 11.5 Å². The van der Waals surface area contributed by atoms with Crippen molar-refractivity contribution in [2.24, 2.45) is 5.92 Å². The molecular formula is C16H22N2O3. The fourth-order valence-electron chi connectivity index (χ4n) is 2.99. The summed E-state index contributed by atoms with van der Waals surface area (Å²) in [5, 5.41) is 2.96. The minimum atomic E-state index is 0.0697. The summed E-state index contributed by atoms with van der Waals surface area (Å²) in [7, 11) is 0. The van der Waals surface area contributed by atoms with Crippen LogP contribution in [0.3, 0.4) is 0 Å². The number of carbonyl (C=O) groups excluding carboxylic acids is 1. The third kappa shape index (κ3) is 3.23. The molecule has 1 aromatic rings. The molecule has 5 nitrogen and oxygen atoms in total. The molecule has 1 aliphatic carbocycles. The number of anilines is 2. The van der Waals surface area contributed by atoms with E-state index in [0.29, 0.717) is 36.1 Å². The first kappa shape index (κ1) is 14.0. The fourth-order valence-corrected chi connectivity index (χ4v) is 2.99. The summed E-state index contributed by atoms with van der Waals surface area (Å²) < 4.78 is 11.0. The topological polar surface area (TPSA) is 73.6 Å². The molecule has 2 aliphatic rings. The summed E-state index contributed by atoms with van der Waals surface area (Å²) in [6, 6.07) is 3.48. The summed E-state index contributed by atoms with van der Waals surface area (Å²) in [6.45, 7) is 1.05. The summed E-state index contributed by atoms with van der Waals surface area (Å²) in [6.07, 6.45) is 6.67. The molecule has 0 atom stereocenters. The predicted molar refractivity (Wildman–Crippen MR) is 81.7 cm³/mol. The quantitative estimate of drug-likeness (QED) is 0.648. The van der Waals surface area contributed by atoms with E-state index in [2.05, 4.69) is 5.32 Å². The van der Waals surface area contributed by atoms with Crippen LogP contribution < -0.4 is 20.5 Å². The van der Waals surface area contributed by atoms with Crippen molar-refractivity contribution in [2.45, 2.75) is 38.5 Å². The molecule has 0 spiro atoms. The van der Waals surface area contributed by atoms with Gasteiger partial charge >= 0.3 is 0 Å². The van der Waals surface area contributed by atoms with Gasteiger partial charge in [-0.05, 0) is 12.8 Å². The second-order valence-electron chi connectivity index (χ2n) is 5.76. The lowest BCUT2D eigenvalue weighted by atomic mass is 9.99. The molecular weight excluding hydrogens is 268 g/mol. The lowest BCUT2D eigenvalue weighted by Crippen LogP contribution is -2.23. The van der Waals surface area contributed by atoms with Gasteiger partial charge in [-0.25, -0.2) is 0 Å². The first-order valence-electron chi connectivity index (χ1n) is 7.74. The van der Waals surface area contributed by atoms with E-state index in [4.69, 9.17) is 15.2 Å². The Morgan fingerprint density at radius 3 is 2.33 bits per heavy atom. The van der Waals surface area contributed by atoms with E-state index in [1.807, 2.05) is 0 Å². The Kier molecular flexibility index (Phi) is 4.18. The summed E-state index contributed by atoms with van der Waals surface area (Å²) in [5.74, 6) is 1.46. The van der Waals surface area contributed by atoms with Crippen LogP contribution in [0.2, 0.25) is 0 Å². The maximum absolute atomic E-state index is 12.4. The summed E-state index contributed by atoms with van der Waals surface area (Å²) >= 11 is 0. The van der Waals surface area contributed by atoms with Crippen LogP contribution >= 0.6 is 0 Å². The third-order valence-electron chi connectivity index (χ3n) is 4.20. The van der Waals surface area contributed by atoms with Gasteiger partial charge in [0.2, 0.25) is 5.91 Å². The van der Waals surface area contributed by atoms with Crippen LogP contribution in [0.15, 0.2) is 12.1 Å². The molecule has 1 fully saturated rings. The van der Waals surface area contributed by atoms with Crippen molar-refractivity contribution in [1.82, 2.24) is 0 Å². The Bertz CT molecular complexity index is 522. The van der Waals surface area contributed by atoms with Crippen molar-refractivity contribution in [3.63, 3.8) is 0 Å². The average Bonchev–Trinajstić information content (AvgIpc) is 2.77. The Balaban J connectivity index is 1.73. The monoisotopic (exact) mass is 290 g/mol. The second-order valence-corrected chi connectivity index (χ2v) is 5.76. The number of nitrogens with two attached hydrogens (primary N) is 1. The van der Waals surface area contributed by atoms with Gasteiger partial charge in [0.15, 0.2) is 11.5 Å². The van der Waals surface area contributed by atoms with E-state index in [-0.39, 0.29) is 11.8 Å².